The van der Waals surface area contributed by atoms with Gasteiger partial charge in [-0.1, -0.05) is 66.0 Å². The summed E-state index contributed by atoms with van der Waals surface area (Å²) in [4.78, 5) is 4.89. The molecule has 5 aromatic rings. The minimum atomic E-state index is 0. The Bertz CT molecular complexity index is 1350. The van der Waals surface area contributed by atoms with E-state index in [0.29, 0.717) is 0 Å². The van der Waals surface area contributed by atoms with Crippen LogP contribution in [0, 0.1) is 43.1 Å². The van der Waals surface area contributed by atoms with Crippen LogP contribution in [0.2, 0.25) is 0 Å². The quantitative estimate of drug-likeness (QED) is 0.222. The van der Waals surface area contributed by atoms with E-state index in [4.69, 9.17) is 10.3 Å². The van der Waals surface area contributed by atoms with Crippen LogP contribution in [-0.2, 0) is 26.2 Å². The first kappa shape index (κ1) is 28.3. The van der Waals surface area contributed by atoms with Gasteiger partial charge >= 0.3 is 26.2 Å². The molecule has 0 saturated heterocycles. The maximum Gasteiger partial charge on any atom is 4.00 e. The summed E-state index contributed by atoms with van der Waals surface area (Å²) in [6.45, 7) is 6.33. The van der Waals surface area contributed by atoms with Gasteiger partial charge < -0.3 is 37.1 Å². The predicted octanol–water partition coefficient (Wildman–Crippen LogP) is 8.79. The average molecular weight is 513 g/mol. The number of rotatable bonds is 3. The van der Waals surface area contributed by atoms with Crippen molar-refractivity contribution in [3.63, 3.8) is 0 Å². The van der Waals surface area contributed by atoms with Gasteiger partial charge in [-0.15, -0.1) is 0 Å². The minimum Gasteiger partial charge on any atom is -0.436 e. The van der Waals surface area contributed by atoms with Crippen LogP contribution in [0.1, 0.15) is 16.7 Å². The Labute approximate surface area is 218 Å². The number of hydrogen-bond donors (Lipinski definition) is 0. The van der Waals surface area contributed by atoms with E-state index in [0.717, 1.165) is 28.2 Å². The van der Waals surface area contributed by atoms with Crippen molar-refractivity contribution in [2.75, 3.05) is 0 Å². The first-order chi connectivity index (χ1) is 14.1. The molecule has 0 N–H and O–H groups in total. The van der Waals surface area contributed by atoms with E-state index in [1.807, 2.05) is 6.07 Å². The SMILES string of the molecule is Cc1cc(C)c([N-]c2ccc3ccn(-c4ccc5ccccc5c4)c3n2)c(C)c1.[CH3-].[CH3-].[CH3-].[Zr+4]. The number of pyridine rings is 1. The number of aryl methyl sites for hydroxylation is 3. The van der Waals surface area contributed by atoms with Crippen LogP contribution in [0.15, 0.2) is 79.0 Å². The summed E-state index contributed by atoms with van der Waals surface area (Å²) < 4.78 is 2.13. The van der Waals surface area contributed by atoms with Crippen LogP contribution in [-0.4, -0.2) is 9.55 Å². The Hall–Kier alpha value is -2.71. The van der Waals surface area contributed by atoms with Gasteiger partial charge in [-0.05, 0) is 71.9 Å². The largest absolute Gasteiger partial charge is 4.00 e. The molecule has 4 heteroatoms. The van der Waals surface area contributed by atoms with Gasteiger partial charge in [-0.25, -0.2) is 0 Å². The molecule has 0 aliphatic rings. The molecule has 3 nitrogen and oxygen atoms in total. The van der Waals surface area contributed by atoms with Crippen LogP contribution in [0.3, 0.4) is 0 Å². The van der Waals surface area contributed by atoms with Crippen molar-refractivity contribution in [1.82, 2.24) is 9.55 Å². The third-order valence-corrected chi connectivity index (χ3v) is 5.39. The first-order valence-corrected chi connectivity index (χ1v) is 9.85. The Balaban J connectivity index is 0.00000136. The van der Waals surface area contributed by atoms with E-state index >= 15 is 0 Å². The zero-order valence-corrected chi connectivity index (χ0v) is 22.8. The van der Waals surface area contributed by atoms with Crippen molar-refractivity contribution in [2.24, 2.45) is 0 Å². The molecule has 2 heterocycles. The van der Waals surface area contributed by atoms with Crippen molar-refractivity contribution >= 4 is 33.3 Å². The van der Waals surface area contributed by atoms with Gasteiger partial charge in [0.05, 0.1) is 0 Å². The van der Waals surface area contributed by atoms with Gasteiger partial charge in [0, 0.05) is 17.5 Å². The van der Waals surface area contributed by atoms with Crippen molar-refractivity contribution in [2.45, 2.75) is 20.8 Å². The number of aromatic nitrogens is 2. The normalized spacial score (nSPS) is 9.91. The second kappa shape index (κ2) is 11.4. The molecular formula is C29H31N3Zr. The Morgan fingerprint density at radius 1 is 0.697 bits per heavy atom. The van der Waals surface area contributed by atoms with Gasteiger partial charge in [0.1, 0.15) is 0 Å². The predicted molar refractivity (Wildman–Crippen MR) is 141 cm³/mol. The topological polar surface area (TPSA) is 31.9 Å². The fourth-order valence-electron chi connectivity index (χ4n) is 4.06. The summed E-state index contributed by atoms with van der Waals surface area (Å²) in [6.07, 6.45) is 2.08. The van der Waals surface area contributed by atoms with Crippen LogP contribution in [0.5, 0.6) is 0 Å². The van der Waals surface area contributed by atoms with E-state index in [9.17, 15) is 0 Å². The van der Waals surface area contributed by atoms with Crippen LogP contribution in [0.25, 0.3) is 32.8 Å². The second-order valence-electron chi connectivity index (χ2n) is 7.66. The van der Waals surface area contributed by atoms with E-state index in [1.165, 1.54) is 27.5 Å². The standard InChI is InChI=1S/C26H22N3.3CH3.Zr/c1-17-14-18(2)25(19(3)15-17)27-24-11-9-21-12-13-29(26(21)28-24)23-10-8-20-6-4-5-7-22(20)16-23;;;;/h4-16H,1-3H3;3*1H3;/q4*-1;+4. The fourth-order valence-corrected chi connectivity index (χ4v) is 4.06. The van der Waals surface area contributed by atoms with Crippen molar-refractivity contribution < 1.29 is 26.2 Å². The van der Waals surface area contributed by atoms with Crippen LogP contribution < -0.4 is 0 Å². The van der Waals surface area contributed by atoms with E-state index in [-0.39, 0.29) is 48.5 Å². The Morgan fingerprint density at radius 2 is 1.33 bits per heavy atom. The summed E-state index contributed by atoms with van der Waals surface area (Å²) in [5.74, 6) is 0.730. The summed E-state index contributed by atoms with van der Waals surface area (Å²) in [7, 11) is 0. The third kappa shape index (κ3) is 5.45. The van der Waals surface area contributed by atoms with Gasteiger partial charge in [-0.3, -0.25) is 0 Å². The maximum absolute atomic E-state index is 4.89. The average Bonchev–Trinajstić information content (AvgIpc) is 3.13. The molecule has 0 saturated carbocycles. The molecule has 0 amide bonds. The van der Waals surface area contributed by atoms with Crippen molar-refractivity contribution in [3.05, 3.63) is 123 Å². The molecule has 0 atom stereocenters. The number of hydrogen-bond acceptors (Lipinski definition) is 1. The van der Waals surface area contributed by atoms with E-state index in [2.05, 4.69) is 98.3 Å². The molecular weight excluding hydrogens is 482 g/mol. The summed E-state index contributed by atoms with van der Waals surface area (Å²) >= 11 is 0. The minimum absolute atomic E-state index is 0. The van der Waals surface area contributed by atoms with Gasteiger partial charge in [0.15, 0.2) is 0 Å². The van der Waals surface area contributed by atoms with Crippen molar-refractivity contribution in [1.29, 1.82) is 0 Å². The van der Waals surface area contributed by atoms with E-state index < -0.39 is 0 Å². The maximum atomic E-state index is 4.89. The second-order valence-corrected chi connectivity index (χ2v) is 7.66. The number of benzene rings is 3. The van der Waals surface area contributed by atoms with Gasteiger partial charge in [-0.2, -0.15) is 0 Å². The monoisotopic (exact) mass is 511 g/mol. The molecule has 0 fully saturated rings. The molecule has 0 aliphatic heterocycles. The molecule has 0 radical (unpaired) electrons. The molecule has 0 unspecified atom stereocenters. The van der Waals surface area contributed by atoms with Crippen LogP contribution >= 0.6 is 0 Å². The van der Waals surface area contributed by atoms with E-state index in [1.54, 1.807) is 0 Å². The van der Waals surface area contributed by atoms with Gasteiger partial charge in [0.25, 0.3) is 0 Å². The molecule has 0 bridgehead atoms. The molecule has 3 aromatic carbocycles. The molecule has 0 spiro atoms. The molecule has 166 valence electrons. The summed E-state index contributed by atoms with van der Waals surface area (Å²) in [6, 6.07) is 25.4. The molecule has 0 aliphatic carbocycles. The molecule has 33 heavy (non-hydrogen) atoms. The number of fused-ring (bicyclic) bond motifs is 2. The molecule has 5 rings (SSSR count). The Kier molecular flexibility index (Phi) is 9.81. The third-order valence-electron chi connectivity index (χ3n) is 5.39. The smallest absolute Gasteiger partial charge is 0.436 e. The zero-order chi connectivity index (χ0) is 20.0. The summed E-state index contributed by atoms with van der Waals surface area (Å²) in [5.41, 5.74) is 6.64. The summed E-state index contributed by atoms with van der Waals surface area (Å²) in [5, 5.41) is 8.44. The zero-order valence-electron chi connectivity index (χ0n) is 20.3. The fraction of sp³-hybridized carbons (Fsp3) is 0.103. The molecule has 2 aromatic heterocycles. The first-order valence-electron chi connectivity index (χ1n) is 9.85. The Morgan fingerprint density at radius 3 is 2.03 bits per heavy atom. The van der Waals surface area contributed by atoms with Crippen molar-refractivity contribution in [3.8, 4) is 5.69 Å². The van der Waals surface area contributed by atoms with Gasteiger partial charge in [0.2, 0.25) is 0 Å². The number of nitrogens with zero attached hydrogens (tertiary/aromatic N) is 3. The van der Waals surface area contributed by atoms with Crippen LogP contribution in [0.4, 0.5) is 11.5 Å².